The molecule has 2 heterocycles. The first-order valence-corrected chi connectivity index (χ1v) is 9.70. The van der Waals surface area contributed by atoms with Crippen LogP contribution < -0.4 is 10.3 Å². The first-order chi connectivity index (χ1) is 13.4. The number of benzene rings is 1. The van der Waals surface area contributed by atoms with Gasteiger partial charge in [-0.25, -0.2) is 0 Å². The molecule has 1 aliphatic heterocycles. The molecule has 1 fully saturated rings. The van der Waals surface area contributed by atoms with E-state index in [2.05, 4.69) is 11.9 Å². The highest BCUT2D eigenvalue weighted by Crippen LogP contribution is 2.25. The van der Waals surface area contributed by atoms with Crippen molar-refractivity contribution in [3.05, 3.63) is 63.6 Å². The highest BCUT2D eigenvalue weighted by Gasteiger charge is 2.30. The summed E-state index contributed by atoms with van der Waals surface area (Å²) in [5.41, 5.74) is 1.75. The number of piperidine rings is 1. The van der Waals surface area contributed by atoms with Gasteiger partial charge in [0.15, 0.2) is 0 Å². The van der Waals surface area contributed by atoms with E-state index in [0.29, 0.717) is 6.54 Å². The third kappa shape index (κ3) is 4.12. The highest BCUT2D eigenvalue weighted by molar-refractivity contribution is 5.94. The average molecular weight is 383 g/mol. The molecule has 6 heteroatoms. The Hall–Kier alpha value is -2.60. The minimum Gasteiger partial charge on any atom is -0.496 e. The first kappa shape index (κ1) is 20.1. The van der Waals surface area contributed by atoms with Crippen molar-refractivity contribution < 1.29 is 9.53 Å². The number of carbonyl (C=O) groups excluding carboxylic acids is 1. The molecule has 1 saturated heterocycles. The van der Waals surface area contributed by atoms with Gasteiger partial charge in [0, 0.05) is 30.9 Å². The van der Waals surface area contributed by atoms with Gasteiger partial charge >= 0.3 is 0 Å². The summed E-state index contributed by atoms with van der Waals surface area (Å²) in [7, 11) is 5.43. The van der Waals surface area contributed by atoms with Gasteiger partial charge < -0.3 is 19.1 Å². The van der Waals surface area contributed by atoms with Gasteiger partial charge in [-0.05, 0) is 58.1 Å². The van der Waals surface area contributed by atoms with Crippen LogP contribution in [0.1, 0.15) is 34.5 Å². The molecule has 0 atom stereocenters. The molecule has 0 N–H and O–H groups in total. The molecule has 150 valence electrons. The molecule has 0 aliphatic carbocycles. The smallest absolute Gasteiger partial charge is 0.263 e. The van der Waals surface area contributed by atoms with Crippen molar-refractivity contribution in [3.63, 3.8) is 0 Å². The van der Waals surface area contributed by atoms with Gasteiger partial charge in [-0.3, -0.25) is 9.59 Å². The predicted octanol–water partition coefficient (Wildman–Crippen LogP) is 2.44. The quantitative estimate of drug-likeness (QED) is 0.796. The number of aromatic nitrogens is 1. The maximum atomic E-state index is 13.5. The standard InChI is InChI=1S/C22H29N3O3/c1-16-9-10-19(21(26)24(16)3)22(27)25(18-11-13-23(2)14-12-18)15-17-7-5-6-8-20(17)28-4/h5-10,18H,11-15H2,1-4H3. The van der Waals surface area contributed by atoms with Crippen molar-refractivity contribution in [2.75, 3.05) is 27.2 Å². The Labute approximate surface area is 166 Å². The molecule has 1 amide bonds. The SMILES string of the molecule is COc1ccccc1CN(C(=O)c1ccc(C)n(C)c1=O)C1CCN(C)CC1. The van der Waals surface area contributed by atoms with Crippen LogP contribution in [0.5, 0.6) is 5.75 Å². The lowest BCUT2D eigenvalue weighted by molar-refractivity contribution is 0.0565. The Bertz CT molecular complexity index is 898. The lowest BCUT2D eigenvalue weighted by atomic mass is 10.0. The van der Waals surface area contributed by atoms with Crippen LogP contribution in [0.2, 0.25) is 0 Å². The molecule has 0 radical (unpaired) electrons. The molecule has 0 saturated carbocycles. The fourth-order valence-electron chi connectivity index (χ4n) is 3.74. The molecule has 1 aliphatic rings. The number of amides is 1. The largest absolute Gasteiger partial charge is 0.496 e. The number of rotatable bonds is 5. The average Bonchev–Trinajstić information content (AvgIpc) is 2.71. The Morgan fingerprint density at radius 1 is 1.14 bits per heavy atom. The van der Waals surface area contributed by atoms with E-state index in [1.165, 1.54) is 4.57 Å². The Balaban J connectivity index is 1.97. The number of hydrogen-bond donors (Lipinski definition) is 0. The number of carbonyl (C=O) groups is 1. The van der Waals surface area contributed by atoms with Crippen LogP contribution in [-0.4, -0.2) is 53.6 Å². The number of aryl methyl sites for hydroxylation is 1. The summed E-state index contributed by atoms with van der Waals surface area (Å²) < 4.78 is 7.01. The monoisotopic (exact) mass is 383 g/mol. The molecule has 1 aromatic carbocycles. The summed E-state index contributed by atoms with van der Waals surface area (Å²) in [6.45, 7) is 4.16. The summed E-state index contributed by atoms with van der Waals surface area (Å²) in [4.78, 5) is 30.3. The van der Waals surface area contributed by atoms with E-state index in [1.807, 2.05) is 42.2 Å². The second-order valence-corrected chi connectivity index (χ2v) is 7.53. The van der Waals surface area contributed by atoms with Crippen LogP contribution in [0.3, 0.4) is 0 Å². The molecular formula is C22H29N3O3. The Morgan fingerprint density at radius 3 is 2.50 bits per heavy atom. The maximum absolute atomic E-state index is 13.5. The fraction of sp³-hybridized carbons (Fsp3) is 0.455. The Morgan fingerprint density at radius 2 is 1.82 bits per heavy atom. The third-order valence-electron chi connectivity index (χ3n) is 5.71. The van der Waals surface area contributed by atoms with Crippen LogP contribution in [0.4, 0.5) is 0 Å². The van der Waals surface area contributed by atoms with Crippen molar-refractivity contribution in [3.8, 4) is 5.75 Å². The van der Waals surface area contributed by atoms with Crippen LogP contribution in [0.15, 0.2) is 41.2 Å². The fourth-order valence-corrected chi connectivity index (χ4v) is 3.74. The van der Waals surface area contributed by atoms with E-state index < -0.39 is 0 Å². The summed E-state index contributed by atoms with van der Waals surface area (Å²) in [6.07, 6.45) is 1.78. The molecular weight excluding hydrogens is 354 g/mol. The van der Waals surface area contributed by atoms with Crippen molar-refractivity contribution in [1.29, 1.82) is 0 Å². The van der Waals surface area contributed by atoms with E-state index in [-0.39, 0.29) is 23.1 Å². The number of ether oxygens (including phenoxy) is 1. The normalized spacial score (nSPS) is 15.4. The number of pyridine rings is 1. The number of nitrogens with zero attached hydrogens (tertiary/aromatic N) is 3. The molecule has 2 aromatic rings. The number of para-hydroxylation sites is 1. The topological polar surface area (TPSA) is 54.8 Å². The van der Waals surface area contributed by atoms with E-state index in [0.717, 1.165) is 42.9 Å². The zero-order valence-corrected chi connectivity index (χ0v) is 17.1. The van der Waals surface area contributed by atoms with Crippen LogP contribution in [0, 0.1) is 6.92 Å². The van der Waals surface area contributed by atoms with Gasteiger partial charge in [-0.2, -0.15) is 0 Å². The molecule has 28 heavy (non-hydrogen) atoms. The van der Waals surface area contributed by atoms with Crippen LogP contribution in [-0.2, 0) is 13.6 Å². The second-order valence-electron chi connectivity index (χ2n) is 7.53. The van der Waals surface area contributed by atoms with E-state index in [1.54, 1.807) is 20.2 Å². The molecule has 0 bridgehead atoms. The minimum atomic E-state index is -0.247. The second kappa shape index (κ2) is 8.61. The van der Waals surface area contributed by atoms with Crippen LogP contribution in [0.25, 0.3) is 0 Å². The van der Waals surface area contributed by atoms with Crippen molar-refractivity contribution >= 4 is 5.91 Å². The van der Waals surface area contributed by atoms with Crippen molar-refractivity contribution in [2.45, 2.75) is 32.4 Å². The molecule has 1 aromatic heterocycles. The maximum Gasteiger partial charge on any atom is 0.263 e. The molecule has 0 spiro atoms. The summed E-state index contributed by atoms with van der Waals surface area (Å²) in [5, 5.41) is 0. The van der Waals surface area contributed by atoms with Gasteiger partial charge in [-0.15, -0.1) is 0 Å². The number of hydrogen-bond acceptors (Lipinski definition) is 4. The lowest BCUT2D eigenvalue weighted by Crippen LogP contribution is -2.47. The Kier molecular flexibility index (Phi) is 6.19. The zero-order valence-electron chi connectivity index (χ0n) is 17.1. The van der Waals surface area contributed by atoms with Gasteiger partial charge in [0.25, 0.3) is 11.5 Å². The minimum absolute atomic E-state index is 0.0969. The zero-order chi connectivity index (χ0) is 20.3. The van der Waals surface area contributed by atoms with Crippen LogP contribution >= 0.6 is 0 Å². The lowest BCUT2D eigenvalue weighted by Gasteiger charge is -2.37. The van der Waals surface area contributed by atoms with E-state index >= 15 is 0 Å². The van der Waals surface area contributed by atoms with Crippen molar-refractivity contribution in [1.82, 2.24) is 14.4 Å². The molecule has 6 nitrogen and oxygen atoms in total. The van der Waals surface area contributed by atoms with Gasteiger partial charge in [0.2, 0.25) is 0 Å². The van der Waals surface area contributed by atoms with E-state index in [9.17, 15) is 9.59 Å². The summed E-state index contributed by atoms with van der Waals surface area (Å²) in [6, 6.07) is 11.3. The highest BCUT2D eigenvalue weighted by atomic mass is 16.5. The molecule has 3 rings (SSSR count). The van der Waals surface area contributed by atoms with Gasteiger partial charge in [0.05, 0.1) is 7.11 Å². The number of methoxy groups -OCH3 is 1. The third-order valence-corrected chi connectivity index (χ3v) is 5.71. The first-order valence-electron chi connectivity index (χ1n) is 9.70. The van der Waals surface area contributed by atoms with Gasteiger partial charge in [0.1, 0.15) is 11.3 Å². The van der Waals surface area contributed by atoms with Crippen molar-refractivity contribution in [2.24, 2.45) is 7.05 Å². The number of likely N-dealkylation sites (tertiary alicyclic amines) is 1. The predicted molar refractivity (Wildman–Crippen MR) is 110 cm³/mol. The molecule has 0 unspecified atom stereocenters. The van der Waals surface area contributed by atoms with E-state index in [4.69, 9.17) is 4.74 Å². The van der Waals surface area contributed by atoms with Gasteiger partial charge in [-0.1, -0.05) is 18.2 Å². The summed E-state index contributed by atoms with van der Waals surface area (Å²) >= 11 is 0. The summed E-state index contributed by atoms with van der Waals surface area (Å²) in [5.74, 6) is 0.547.